The molecule has 1 aromatic heterocycles. The average Bonchev–Trinajstić information content (AvgIpc) is 3.18. The minimum absolute atomic E-state index is 0.372. The monoisotopic (exact) mass is 414 g/mol. The van der Waals surface area contributed by atoms with Gasteiger partial charge in [0.2, 0.25) is 10.0 Å². The summed E-state index contributed by atoms with van der Waals surface area (Å²) in [6.07, 6.45) is 1.71. The van der Waals surface area contributed by atoms with Crippen molar-refractivity contribution in [1.82, 2.24) is 9.62 Å². The van der Waals surface area contributed by atoms with Crippen molar-refractivity contribution in [3.05, 3.63) is 60.4 Å². The molecule has 29 heavy (non-hydrogen) atoms. The quantitative estimate of drug-likeness (QED) is 0.639. The van der Waals surface area contributed by atoms with Crippen molar-refractivity contribution in [3.63, 3.8) is 0 Å². The summed E-state index contributed by atoms with van der Waals surface area (Å²) in [5, 5.41) is 4.48. The van der Waals surface area contributed by atoms with Gasteiger partial charge in [-0.15, -0.1) is 0 Å². The summed E-state index contributed by atoms with van der Waals surface area (Å²) in [5.41, 5.74) is 0.770. The maximum absolute atomic E-state index is 12.7. The van der Waals surface area contributed by atoms with Gasteiger partial charge in [-0.2, -0.15) is 4.31 Å². The van der Waals surface area contributed by atoms with Crippen LogP contribution in [0.15, 0.2) is 63.9 Å². The summed E-state index contributed by atoms with van der Waals surface area (Å²) in [6.45, 7) is 2.60. The summed E-state index contributed by atoms with van der Waals surface area (Å²) in [4.78, 5) is 0.372. The van der Waals surface area contributed by atoms with Crippen molar-refractivity contribution in [2.75, 3.05) is 26.7 Å². The lowest BCUT2D eigenvalue weighted by Crippen LogP contribution is -2.40. The summed E-state index contributed by atoms with van der Waals surface area (Å²) >= 11 is 0. The molecule has 0 amide bonds. The summed E-state index contributed by atoms with van der Waals surface area (Å²) < 4.78 is 38.3. The fourth-order valence-corrected chi connectivity index (χ4v) is 5.32. The molecule has 7 heteroatoms. The molecule has 2 aromatic carbocycles. The number of methoxy groups -OCH3 is 1. The van der Waals surface area contributed by atoms with Gasteiger partial charge in [0.25, 0.3) is 0 Å². The van der Waals surface area contributed by atoms with Crippen LogP contribution < -0.4 is 10.1 Å². The van der Waals surface area contributed by atoms with Gasteiger partial charge >= 0.3 is 0 Å². The molecule has 0 saturated carbocycles. The number of rotatable bonds is 7. The Hall–Kier alpha value is -2.35. The molecule has 1 N–H and O–H groups in total. The van der Waals surface area contributed by atoms with E-state index in [2.05, 4.69) is 5.32 Å². The second-order valence-electron chi connectivity index (χ2n) is 7.38. The van der Waals surface area contributed by atoms with E-state index in [1.807, 2.05) is 30.3 Å². The number of para-hydroxylation sites is 1. The first-order valence-corrected chi connectivity index (χ1v) is 11.3. The van der Waals surface area contributed by atoms with Crippen LogP contribution in [0.1, 0.15) is 18.6 Å². The molecule has 4 rings (SSSR count). The van der Waals surface area contributed by atoms with E-state index in [1.165, 1.54) is 0 Å². The molecule has 3 aromatic rings. The molecule has 2 heterocycles. The number of hydrogen-bond donors (Lipinski definition) is 1. The third-order valence-electron chi connectivity index (χ3n) is 5.47. The highest BCUT2D eigenvalue weighted by molar-refractivity contribution is 7.89. The smallest absolute Gasteiger partial charge is 0.243 e. The Kier molecular flexibility index (Phi) is 5.89. The average molecular weight is 415 g/mol. The Labute approximate surface area is 171 Å². The lowest BCUT2D eigenvalue weighted by Gasteiger charge is -2.31. The van der Waals surface area contributed by atoms with Crippen LogP contribution in [0.5, 0.6) is 5.75 Å². The predicted octanol–water partition coefficient (Wildman–Crippen LogP) is 3.63. The number of furan rings is 1. The fourth-order valence-electron chi connectivity index (χ4n) is 3.83. The summed E-state index contributed by atoms with van der Waals surface area (Å²) in [6, 6.07) is 16.5. The number of hydrogen-bond acceptors (Lipinski definition) is 5. The third-order valence-corrected chi connectivity index (χ3v) is 7.38. The minimum Gasteiger partial charge on any atom is -0.493 e. The van der Waals surface area contributed by atoms with Gasteiger partial charge in [0.1, 0.15) is 5.76 Å². The normalized spacial score (nSPS) is 16.3. The lowest BCUT2D eigenvalue weighted by atomic mass is 9.98. The molecular weight excluding hydrogens is 388 g/mol. The van der Waals surface area contributed by atoms with Crippen LogP contribution in [0.4, 0.5) is 0 Å². The van der Waals surface area contributed by atoms with Crippen molar-refractivity contribution in [3.8, 4) is 5.75 Å². The molecule has 1 fully saturated rings. The number of nitrogens with zero attached hydrogens (tertiary/aromatic N) is 1. The molecule has 1 aliphatic rings. The minimum atomic E-state index is -3.38. The maximum atomic E-state index is 12.7. The number of ether oxygens (including phenoxy) is 1. The molecule has 0 aliphatic carbocycles. The van der Waals surface area contributed by atoms with Gasteiger partial charge in [0, 0.05) is 18.5 Å². The maximum Gasteiger partial charge on any atom is 0.243 e. The topological polar surface area (TPSA) is 71.8 Å². The first-order valence-electron chi connectivity index (χ1n) is 9.89. The van der Waals surface area contributed by atoms with Crippen molar-refractivity contribution >= 4 is 21.0 Å². The number of sulfonamides is 1. The van der Waals surface area contributed by atoms with Crippen LogP contribution in [-0.2, 0) is 16.6 Å². The number of nitrogens with one attached hydrogen (secondary N) is 1. The SMILES string of the molecule is COc1cccc2cc(CNCC3CCN(S(=O)(=O)c4ccccc4)CC3)oc12. The Morgan fingerprint density at radius 3 is 2.59 bits per heavy atom. The second kappa shape index (κ2) is 8.57. The van der Waals surface area contributed by atoms with E-state index in [1.54, 1.807) is 35.7 Å². The van der Waals surface area contributed by atoms with E-state index in [0.717, 1.165) is 41.9 Å². The molecule has 0 atom stereocenters. The summed E-state index contributed by atoms with van der Waals surface area (Å²) in [5.74, 6) is 2.06. The van der Waals surface area contributed by atoms with E-state index >= 15 is 0 Å². The van der Waals surface area contributed by atoms with Gasteiger partial charge < -0.3 is 14.5 Å². The Balaban J connectivity index is 1.28. The van der Waals surface area contributed by atoms with Crippen LogP contribution in [0, 0.1) is 5.92 Å². The highest BCUT2D eigenvalue weighted by Gasteiger charge is 2.29. The first kappa shape index (κ1) is 19.9. The van der Waals surface area contributed by atoms with E-state index in [4.69, 9.17) is 9.15 Å². The number of piperidine rings is 1. The van der Waals surface area contributed by atoms with E-state index < -0.39 is 10.0 Å². The molecule has 1 aliphatic heterocycles. The van der Waals surface area contributed by atoms with Crippen molar-refractivity contribution in [2.24, 2.45) is 5.92 Å². The fraction of sp³-hybridized carbons (Fsp3) is 0.364. The van der Waals surface area contributed by atoms with Crippen LogP contribution in [0.3, 0.4) is 0 Å². The van der Waals surface area contributed by atoms with E-state index in [-0.39, 0.29) is 0 Å². The molecule has 0 spiro atoms. The standard InChI is InChI=1S/C22H26N2O4S/c1-27-21-9-5-6-18-14-19(28-22(18)21)16-23-15-17-10-12-24(13-11-17)29(25,26)20-7-3-2-4-8-20/h2-9,14,17,23H,10-13,15-16H2,1H3. The largest absolute Gasteiger partial charge is 0.493 e. The van der Waals surface area contributed by atoms with Crippen molar-refractivity contribution in [1.29, 1.82) is 0 Å². The van der Waals surface area contributed by atoms with Crippen LogP contribution in [0.25, 0.3) is 11.0 Å². The van der Waals surface area contributed by atoms with E-state index in [0.29, 0.717) is 30.4 Å². The van der Waals surface area contributed by atoms with Crippen LogP contribution in [-0.4, -0.2) is 39.5 Å². The van der Waals surface area contributed by atoms with Crippen molar-refractivity contribution < 1.29 is 17.6 Å². The molecule has 1 saturated heterocycles. The van der Waals surface area contributed by atoms with Crippen LogP contribution in [0.2, 0.25) is 0 Å². The number of benzene rings is 2. The van der Waals surface area contributed by atoms with Gasteiger partial charge in [-0.25, -0.2) is 8.42 Å². The van der Waals surface area contributed by atoms with Gasteiger partial charge in [0.15, 0.2) is 11.3 Å². The molecule has 0 unspecified atom stereocenters. The predicted molar refractivity (Wildman–Crippen MR) is 112 cm³/mol. The molecule has 0 radical (unpaired) electrons. The zero-order chi connectivity index (χ0) is 20.3. The lowest BCUT2D eigenvalue weighted by molar-refractivity contribution is 0.265. The van der Waals surface area contributed by atoms with E-state index in [9.17, 15) is 8.42 Å². The Morgan fingerprint density at radius 2 is 1.86 bits per heavy atom. The highest BCUT2D eigenvalue weighted by Crippen LogP contribution is 2.28. The second-order valence-corrected chi connectivity index (χ2v) is 9.32. The third kappa shape index (κ3) is 4.32. The van der Waals surface area contributed by atoms with Gasteiger partial charge in [-0.05, 0) is 49.6 Å². The molecular formula is C22H26N2O4S. The van der Waals surface area contributed by atoms with Gasteiger partial charge in [0.05, 0.1) is 18.6 Å². The van der Waals surface area contributed by atoms with Crippen molar-refractivity contribution in [2.45, 2.75) is 24.3 Å². The molecule has 0 bridgehead atoms. The Bertz CT molecular complexity index is 1050. The first-order chi connectivity index (χ1) is 14.1. The number of fused-ring (bicyclic) bond motifs is 1. The van der Waals surface area contributed by atoms with Gasteiger partial charge in [-0.3, -0.25) is 0 Å². The zero-order valence-corrected chi connectivity index (χ0v) is 17.3. The molecule has 6 nitrogen and oxygen atoms in total. The highest BCUT2D eigenvalue weighted by atomic mass is 32.2. The van der Waals surface area contributed by atoms with Gasteiger partial charge in [-0.1, -0.05) is 30.3 Å². The zero-order valence-electron chi connectivity index (χ0n) is 16.5. The summed E-state index contributed by atoms with van der Waals surface area (Å²) in [7, 11) is -1.75. The molecule has 154 valence electrons. The Morgan fingerprint density at radius 1 is 1.10 bits per heavy atom. The van der Waals surface area contributed by atoms with Crippen LogP contribution >= 0.6 is 0 Å².